The molecule has 0 bridgehead atoms. The zero-order chi connectivity index (χ0) is 10.3. The van der Waals surface area contributed by atoms with Crippen LogP contribution in [0.1, 0.15) is 52.9 Å². The lowest BCUT2D eigenvalue weighted by atomic mass is 9.89. The van der Waals surface area contributed by atoms with Gasteiger partial charge in [0.1, 0.15) is 6.29 Å². The molecule has 1 N–H and O–H groups in total. The molecule has 0 aliphatic carbocycles. The molecule has 78 valence electrons. The molecule has 0 radical (unpaired) electrons. The van der Waals surface area contributed by atoms with Crippen molar-refractivity contribution in [2.45, 2.75) is 59.0 Å². The summed E-state index contributed by atoms with van der Waals surface area (Å²) < 4.78 is 0. The molecule has 0 aromatic rings. The minimum absolute atomic E-state index is 0.287. The van der Waals surface area contributed by atoms with Gasteiger partial charge in [0.15, 0.2) is 0 Å². The van der Waals surface area contributed by atoms with Gasteiger partial charge in [0, 0.05) is 6.42 Å². The molecule has 0 aromatic carbocycles. The molecule has 0 aliphatic heterocycles. The molecule has 0 aliphatic rings. The third-order valence-electron chi connectivity index (χ3n) is 2.08. The van der Waals surface area contributed by atoms with Crippen LogP contribution in [-0.2, 0) is 4.79 Å². The van der Waals surface area contributed by atoms with Crippen LogP contribution in [0.15, 0.2) is 0 Å². The van der Waals surface area contributed by atoms with E-state index >= 15 is 0 Å². The Hall–Kier alpha value is -0.370. The van der Waals surface area contributed by atoms with Crippen molar-refractivity contribution < 1.29 is 9.90 Å². The van der Waals surface area contributed by atoms with Crippen LogP contribution in [0.25, 0.3) is 0 Å². The van der Waals surface area contributed by atoms with Gasteiger partial charge in [-0.25, -0.2) is 0 Å². The van der Waals surface area contributed by atoms with Crippen LogP contribution in [-0.4, -0.2) is 17.5 Å². The number of carbonyl (C=O) groups excluding carboxylic acids is 1. The van der Waals surface area contributed by atoms with Crippen molar-refractivity contribution >= 4 is 6.29 Å². The summed E-state index contributed by atoms with van der Waals surface area (Å²) in [5.74, 6) is 0. The van der Waals surface area contributed by atoms with E-state index in [9.17, 15) is 9.90 Å². The number of unbranched alkanes of at least 4 members (excludes halogenated alkanes) is 1. The second kappa shape index (κ2) is 6.14. The minimum Gasteiger partial charge on any atom is -0.393 e. The van der Waals surface area contributed by atoms with Gasteiger partial charge in [0.05, 0.1) is 6.10 Å². The number of carbonyl (C=O) groups is 1. The van der Waals surface area contributed by atoms with Gasteiger partial charge in [-0.05, 0) is 18.3 Å². The molecule has 0 saturated heterocycles. The largest absolute Gasteiger partial charge is 0.393 e. The highest BCUT2D eigenvalue weighted by molar-refractivity contribution is 5.49. The summed E-state index contributed by atoms with van der Waals surface area (Å²) >= 11 is 0. The van der Waals surface area contributed by atoms with Crippen molar-refractivity contribution in [1.29, 1.82) is 0 Å². The van der Waals surface area contributed by atoms with E-state index in [1.165, 1.54) is 6.42 Å². The lowest BCUT2D eigenvalue weighted by molar-refractivity contribution is -0.109. The van der Waals surface area contributed by atoms with Crippen LogP contribution in [0.5, 0.6) is 0 Å². The van der Waals surface area contributed by atoms with Gasteiger partial charge in [0.2, 0.25) is 0 Å². The molecular formula is C11H22O2. The Morgan fingerprint density at radius 3 is 2.38 bits per heavy atom. The number of aliphatic hydroxyl groups is 1. The van der Waals surface area contributed by atoms with Crippen LogP contribution in [0.4, 0.5) is 0 Å². The van der Waals surface area contributed by atoms with Gasteiger partial charge in [-0.2, -0.15) is 0 Å². The van der Waals surface area contributed by atoms with Gasteiger partial charge < -0.3 is 9.90 Å². The van der Waals surface area contributed by atoms with Crippen LogP contribution >= 0.6 is 0 Å². The third-order valence-corrected chi connectivity index (χ3v) is 2.08. The van der Waals surface area contributed by atoms with E-state index in [0.717, 1.165) is 25.5 Å². The Morgan fingerprint density at radius 1 is 1.31 bits per heavy atom. The van der Waals surface area contributed by atoms with Crippen LogP contribution < -0.4 is 0 Å². The number of hydrogen-bond acceptors (Lipinski definition) is 2. The first kappa shape index (κ1) is 12.6. The highest BCUT2D eigenvalue weighted by Crippen LogP contribution is 2.22. The Balaban J connectivity index is 3.30. The molecule has 13 heavy (non-hydrogen) atoms. The summed E-state index contributed by atoms with van der Waals surface area (Å²) in [6.07, 6.45) is 4.75. The van der Waals surface area contributed by atoms with Gasteiger partial charge in [-0.1, -0.05) is 33.6 Å². The smallest absolute Gasteiger partial charge is 0.122 e. The molecule has 0 fully saturated rings. The third kappa shape index (κ3) is 9.54. The maximum absolute atomic E-state index is 10.0. The highest BCUT2D eigenvalue weighted by Gasteiger charge is 2.09. The second-order valence-corrected chi connectivity index (χ2v) is 4.86. The first-order valence-electron chi connectivity index (χ1n) is 5.07. The highest BCUT2D eigenvalue weighted by atomic mass is 16.3. The Bertz CT molecular complexity index is 136. The molecule has 0 rings (SSSR count). The predicted octanol–water partition coefficient (Wildman–Crippen LogP) is 2.54. The first-order valence-corrected chi connectivity index (χ1v) is 5.07. The van der Waals surface area contributed by atoms with E-state index in [4.69, 9.17) is 0 Å². The summed E-state index contributed by atoms with van der Waals surface area (Å²) in [5, 5.41) is 9.25. The quantitative estimate of drug-likeness (QED) is 0.511. The van der Waals surface area contributed by atoms with Crippen LogP contribution in [0.3, 0.4) is 0 Å². The van der Waals surface area contributed by atoms with E-state index in [1.54, 1.807) is 0 Å². The zero-order valence-electron chi connectivity index (χ0n) is 9.05. The average Bonchev–Trinajstić information content (AvgIpc) is 1.97. The summed E-state index contributed by atoms with van der Waals surface area (Å²) in [6.45, 7) is 6.65. The van der Waals surface area contributed by atoms with Crippen LogP contribution in [0.2, 0.25) is 0 Å². The lowest BCUT2D eigenvalue weighted by Gasteiger charge is -2.17. The number of aldehydes is 1. The lowest BCUT2D eigenvalue weighted by Crippen LogP contribution is -2.08. The zero-order valence-corrected chi connectivity index (χ0v) is 9.05. The van der Waals surface area contributed by atoms with Crippen molar-refractivity contribution in [3.05, 3.63) is 0 Å². The molecule has 0 spiro atoms. The van der Waals surface area contributed by atoms with Gasteiger partial charge in [-0.3, -0.25) is 0 Å². The molecule has 0 heterocycles. The van der Waals surface area contributed by atoms with E-state index in [-0.39, 0.29) is 6.42 Å². The normalized spacial score (nSPS) is 14.2. The minimum atomic E-state index is -0.419. The predicted molar refractivity (Wildman–Crippen MR) is 54.6 cm³/mol. The summed E-state index contributed by atoms with van der Waals surface area (Å²) in [5.41, 5.74) is 0.385. The van der Waals surface area contributed by atoms with Crippen molar-refractivity contribution in [1.82, 2.24) is 0 Å². The van der Waals surface area contributed by atoms with Crippen molar-refractivity contribution in [2.24, 2.45) is 5.41 Å². The first-order chi connectivity index (χ1) is 5.95. The summed E-state index contributed by atoms with van der Waals surface area (Å²) in [7, 11) is 0. The number of hydrogen-bond donors (Lipinski definition) is 1. The fourth-order valence-electron chi connectivity index (χ4n) is 1.26. The molecule has 0 aromatic heterocycles. The van der Waals surface area contributed by atoms with Crippen molar-refractivity contribution in [3.63, 3.8) is 0 Å². The molecule has 2 nitrogen and oxygen atoms in total. The number of aliphatic hydroxyl groups excluding tert-OH is 1. The van der Waals surface area contributed by atoms with Gasteiger partial charge >= 0.3 is 0 Å². The van der Waals surface area contributed by atoms with E-state index in [0.29, 0.717) is 5.41 Å². The fourth-order valence-corrected chi connectivity index (χ4v) is 1.26. The molecule has 0 saturated carbocycles. The summed E-state index contributed by atoms with van der Waals surface area (Å²) in [6, 6.07) is 0. The molecule has 1 unspecified atom stereocenters. The molecular weight excluding hydrogens is 164 g/mol. The van der Waals surface area contributed by atoms with E-state index < -0.39 is 6.10 Å². The maximum Gasteiger partial charge on any atom is 0.122 e. The van der Waals surface area contributed by atoms with E-state index in [2.05, 4.69) is 20.8 Å². The summed E-state index contributed by atoms with van der Waals surface area (Å²) in [4.78, 5) is 10.0. The molecule has 2 heteroatoms. The fraction of sp³-hybridized carbons (Fsp3) is 0.909. The molecule has 0 amide bonds. The van der Waals surface area contributed by atoms with Gasteiger partial charge in [-0.15, -0.1) is 0 Å². The van der Waals surface area contributed by atoms with Crippen LogP contribution in [0, 0.1) is 5.41 Å². The Kier molecular flexibility index (Phi) is 5.97. The molecule has 1 atom stereocenters. The van der Waals surface area contributed by atoms with Gasteiger partial charge in [0.25, 0.3) is 0 Å². The second-order valence-electron chi connectivity index (χ2n) is 4.86. The average molecular weight is 186 g/mol. The number of rotatable bonds is 6. The topological polar surface area (TPSA) is 37.3 Å². The standard InChI is InChI=1S/C11H22O2/c1-11(2,3)8-5-4-6-10(13)7-9-12/h9-10,13H,4-8H2,1-3H3. The monoisotopic (exact) mass is 186 g/mol. The maximum atomic E-state index is 10.0. The van der Waals surface area contributed by atoms with Crippen molar-refractivity contribution in [2.75, 3.05) is 0 Å². The van der Waals surface area contributed by atoms with E-state index in [1.807, 2.05) is 0 Å². The Labute approximate surface area is 81.3 Å². The Morgan fingerprint density at radius 2 is 1.92 bits per heavy atom. The van der Waals surface area contributed by atoms with Crippen molar-refractivity contribution in [3.8, 4) is 0 Å². The SMILES string of the molecule is CC(C)(C)CCCCC(O)CC=O.